The molecule has 0 fully saturated rings. The predicted octanol–water partition coefficient (Wildman–Crippen LogP) is 4.73. The lowest BCUT2D eigenvalue weighted by Gasteiger charge is -2.18. The first kappa shape index (κ1) is 24.6. The third kappa shape index (κ3) is 4.18. The van der Waals surface area contributed by atoms with Gasteiger partial charge in [0.25, 0.3) is 5.56 Å². The van der Waals surface area contributed by atoms with Crippen LogP contribution >= 0.6 is 11.3 Å². The first-order chi connectivity index (χ1) is 18.7. The molecule has 6 aromatic rings. The average molecular weight is 543 g/mol. The van der Waals surface area contributed by atoms with E-state index in [-0.39, 0.29) is 29.7 Å². The van der Waals surface area contributed by atoms with Crippen LogP contribution in [-0.4, -0.2) is 35.2 Å². The van der Waals surface area contributed by atoms with Crippen molar-refractivity contribution in [3.8, 4) is 11.3 Å². The molecule has 39 heavy (non-hydrogen) atoms. The van der Waals surface area contributed by atoms with Gasteiger partial charge in [0.2, 0.25) is 5.91 Å². The summed E-state index contributed by atoms with van der Waals surface area (Å²) in [6.45, 7) is 5.39. The summed E-state index contributed by atoms with van der Waals surface area (Å²) in [4.78, 5) is 37.9. The minimum absolute atomic E-state index is 0.0593. The van der Waals surface area contributed by atoms with Crippen LogP contribution in [0.25, 0.3) is 43.3 Å². The summed E-state index contributed by atoms with van der Waals surface area (Å²) in [6.07, 6.45) is 1.37. The van der Waals surface area contributed by atoms with Gasteiger partial charge < -0.3 is 15.6 Å². The molecule has 10 nitrogen and oxygen atoms in total. The Hall–Kier alpha value is -4.71. The second-order valence-electron chi connectivity index (χ2n) is 9.46. The molecule has 0 aliphatic rings. The molecule has 2 aromatic carbocycles. The number of nitrogens with two attached hydrogens (primary N) is 1. The van der Waals surface area contributed by atoms with E-state index in [1.165, 1.54) is 30.7 Å². The number of aromatic nitrogens is 6. The lowest BCUT2D eigenvalue weighted by atomic mass is 10.1. The number of carbonyl (C=O) groups is 1. The second kappa shape index (κ2) is 9.24. The molecule has 4 aromatic heterocycles. The Balaban J connectivity index is 1.52. The molecule has 0 atom stereocenters. The molecule has 0 aliphatic carbocycles. The van der Waals surface area contributed by atoms with Gasteiger partial charge >= 0.3 is 0 Å². The SMILES string of the molecule is CC(=O)Nc1nc2ccc(-c3nn(Cc4cc5cccc(F)c5c(=O)n4C(C)C)c4ncnc(N)c34)cc2s1. The number of anilines is 2. The number of carbonyl (C=O) groups excluding carboxylic acids is 1. The van der Waals surface area contributed by atoms with E-state index in [1.807, 2.05) is 38.1 Å². The maximum atomic E-state index is 14.6. The molecule has 1 amide bonds. The number of hydrogen-bond acceptors (Lipinski definition) is 8. The zero-order valence-corrected chi connectivity index (χ0v) is 22.1. The number of fused-ring (bicyclic) bond motifs is 3. The van der Waals surface area contributed by atoms with Gasteiger partial charge in [-0.15, -0.1) is 0 Å². The minimum Gasteiger partial charge on any atom is -0.383 e. The topological polar surface area (TPSA) is 134 Å². The smallest absolute Gasteiger partial charge is 0.261 e. The molecular formula is C27H23FN8O2S. The van der Waals surface area contributed by atoms with Crippen LogP contribution in [0.15, 0.2) is 53.6 Å². The van der Waals surface area contributed by atoms with E-state index in [0.29, 0.717) is 32.9 Å². The van der Waals surface area contributed by atoms with E-state index in [2.05, 4.69) is 20.3 Å². The Morgan fingerprint density at radius 2 is 1.97 bits per heavy atom. The van der Waals surface area contributed by atoms with Gasteiger partial charge in [-0.2, -0.15) is 5.10 Å². The highest BCUT2D eigenvalue weighted by atomic mass is 32.1. The summed E-state index contributed by atoms with van der Waals surface area (Å²) >= 11 is 1.35. The minimum atomic E-state index is -0.550. The number of halogens is 1. The van der Waals surface area contributed by atoms with Gasteiger partial charge in [0, 0.05) is 24.2 Å². The highest BCUT2D eigenvalue weighted by Gasteiger charge is 2.21. The van der Waals surface area contributed by atoms with Crippen LogP contribution in [0.2, 0.25) is 0 Å². The van der Waals surface area contributed by atoms with E-state index in [9.17, 15) is 14.0 Å². The van der Waals surface area contributed by atoms with Crippen molar-refractivity contribution in [2.24, 2.45) is 0 Å². The van der Waals surface area contributed by atoms with Crippen LogP contribution in [-0.2, 0) is 11.3 Å². The number of pyridine rings is 1. The monoisotopic (exact) mass is 542 g/mol. The van der Waals surface area contributed by atoms with Crippen molar-refractivity contribution in [2.45, 2.75) is 33.4 Å². The molecule has 6 rings (SSSR count). The van der Waals surface area contributed by atoms with Crippen LogP contribution in [0.1, 0.15) is 32.5 Å². The van der Waals surface area contributed by atoms with Gasteiger partial charge in [0.05, 0.1) is 27.5 Å². The quantitative estimate of drug-likeness (QED) is 0.322. The van der Waals surface area contributed by atoms with Crippen LogP contribution in [0, 0.1) is 5.82 Å². The van der Waals surface area contributed by atoms with E-state index < -0.39 is 11.4 Å². The van der Waals surface area contributed by atoms with Crippen LogP contribution < -0.4 is 16.6 Å². The number of nitrogen functional groups attached to an aromatic ring is 1. The Morgan fingerprint density at radius 3 is 2.74 bits per heavy atom. The van der Waals surface area contributed by atoms with Gasteiger partial charge in [0.1, 0.15) is 23.7 Å². The summed E-state index contributed by atoms with van der Waals surface area (Å²) < 4.78 is 18.7. The summed E-state index contributed by atoms with van der Waals surface area (Å²) in [5.41, 5.74) is 9.15. The highest BCUT2D eigenvalue weighted by Crippen LogP contribution is 2.35. The molecule has 0 unspecified atom stereocenters. The molecule has 4 heterocycles. The highest BCUT2D eigenvalue weighted by molar-refractivity contribution is 7.22. The normalized spacial score (nSPS) is 11.7. The number of hydrogen-bond donors (Lipinski definition) is 2. The number of nitrogens with zero attached hydrogens (tertiary/aromatic N) is 6. The fraction of sp³-hybridized carbons (Fsp3) is 0.185. The van der Waals surface area contributed by atoms with Crippen molar-refractivity contribution in [1.82, 2.24) is 29.3 Å². The predicted molar refractivity (Wildman–Crippen MR) is 150 cm³/mol. The zero-order chi connectivity index (χ0) is 27.4. The van der Waals surface area contributed by atoms with Crippen molar-refractivity contribution < 1.29 is 9.18 Å². The summed E-state index contributed by atoms with van der Waals surface area (Å²) in [5.74, 6) is -0.474. The second-order valence-corrected chi connectivity index (χ2v) is 10.5. The lowest BCUT2D eigenvalue weighted by molar-refractivity contribution is -0.114. The van der Waals surface area contributed by atoms with Crippen LogP contribution in [0.5, 0.6) is 0 Å². The van der Waals surface area contributed by atoms with Crippen molar-refractivity contribution in [2.75, 3.05) is 11.1 Å². The molecule has 0 spiro atoms. The number of benzene rings is 2. The van der Waals surface area contributed by atoms with Crippen LogP contribution in [0.4, 0.5) is 15.3 Å². The zero-order valence-electron chi connectivity index (χ0n) is 21.3. The number of thiazole rings is 1. The van der Waals surface area contributed by atoms with E-state index >= 15 is 0 Å². The number of amides is 1. The van der Waals surface area contributed by atoms with Crippen molar-refractivity contribution in [1.29, 1.82) is 0 Å². The van der Waals surface area contributed by atoms with Gasteiger partial charge in [-0.1, -0.05) is 29.5 Å². The summed E-state index contributed by atoms with van der Waals surface area (Å²) in [5, 5.41) is 9.24. The number of nitrogens with one attached hydrogen (secondary N) is 1. The van der Waals surface area contributed by atoms with E-state index in [1.54, 1.807) is 21.4 Å². The van der Waals surface area contributed by atoms with Crippen molar-refractivity contribution in [3.63, 3.8) is 0 Å². The first-order valence-corrected chi connectivity index (χ1v) is 13.0. The third-order valence-corrected chi connectivity index (χ3v) is 7.38. The Bertz CT molecular complexity index is 1990. The molecule has 3 N–H and O–H groups in total. The first-order valence-electron chi connectivity index (χ1n) is 12.2. The molecule has 196 valence electrons. The lowest BCUT2D eigenvalue weighted by Crippen LogP contribution is -2.27. The molecule has 0 saturated heterocycles. The Labute approximate surface area is 224 Å². The standard InChI is InChI=1S/C27H23FN8O2S/c1-13(2)36-17(9-15-5-4-6-18(28)21(15)26(36)38)11-35-25-22(24(29)30-12-31-25)23(34-35)16-7-8-19-20(10-16)39-27(33-19)32-14(3)37/h4-10,12-13H,11H2,1-3H3,(H2,29,30,31)(H,32,33,37). The van der Waals surface area contributed by atoms with Crippen LogP contribution in [0.3, 0.4) is 0 Å². The molecule has 12 heteroatoms. The van der Waals surface area contributed by atoms with E-state index in [0.717, 1.165) is 15.8 Å². The largest absolute Gasteiger partial charge is 0.383 e. The molecule has 0 saturated carbocycles. The fourth-order valence-corrected chi connectivity index (χ4v) is 5.80. The van der Waals surface area contributed by atoms with Gasteiger partial charge in [0.15, 0.2) is 10.8 Å². The number of rotatable bonds is 5. The molecule has 0 bridgehead atoms. The van der Waals surface area contributed by atoms with E-state index in [4.69, 9.17) is 10.8 Å². The van der Waals surface area contributed by atoms with Gasteiger partial charge in [-0.3, -0.25) is 9.59 Å². The van der Waals surface area contributed by atoms with Crippen molar-refractivity contribution >= 4 is 60.2 Å². The molecular weight excluding hydrogens is 519 g/mol. The maximum Gasteiger partial charge on any atom is 0.261 e. The average Bonchev–Trinajstić information content (AvgIpc) is 3.44. The maximum absolute atomic E-state index is 14.6. The van der Waals surface area contributed by atoms with Crippen molar-refractivity contribution in [3.05, 3.63) is 70.7 Å². The summed E-state index contributed by atoms with van der Waals surface area (Å²) in [6, 6.07) is 11.9. The molecule has 0 radical (unpaired) electrons. The Kier molecular flexibility index (Phi) is 5.83. The fourth-order valence-electron chi connectivity index (χ4n) is 4.85. The molecule has 0 aliphatic heterocycles. The summed E-state index contributed by atoms with van der Waals surface area (Å²) in [7, 11) is 0. The third-order valence-electron chi connectivity index (χ3n) is 6.44. The van der Waals surface area contributed by atoms with Gasteiger partial charge in [-0.25, -0.2) is 24.0 Å². The van der Waals surface area contributed by atoms with Gasteiger partial charge in [-0.05, 0) is 43.5 Å². The Morgan fingerprint density at radius 1 is 1.15 bits per heavy atom.